The maximum absolute atomic E-state index is 6.21. The van der Waals surface area contributed by atoms with Gasteiger partial charge in [0.1, 0.15) is 5.82 Å². The van der Waals surface area contributed by atoms with Gasteiger partial charge < -0.3 is 5.32 Å². The summed E-state index contributed by atoms with van der Waals surface area (Å²) in [7, 11) is 0. The molecule has 2 aromatic heterocycles. The van der Waals surface area contributed by atoms with Gasteiger partial charge in [-0.05, 0) is 37.6 Å². The number of halogens is 1. The number of nitrogens with zero attached hydrogens (tertiary/aromatic N) is 4. The summed E-state index contributed by atoms with van der Waals surface area (Å²) in [5, 5.41) is 13.0. The second kappa shape index (κ2) is 6.25. The van der Waals surface area contributed by atoms with Crippen LogP contribution < -0.4 is 5.32 Å². The standard InChI is InChI=1S/C20H20ClN5/c1-4-17-24-25-19-18(23-20(2,3)13-8-6-5-7-9-13)22-15-11-10-14(21)12-16(15)26(17)19/h5-12H,4H2,1-3H3,(H,22,23). The third-order valence-electron chi connectivity index (χ3n) is 4.60. The fourth-order valence-corrected chi connectivity index (χ4v) is 3.37. The van der Waals surface area contributed by atoms with Crippen molar-refractivity contribution >= 4 is 34.1 Å². The topological polar surface area (TPSA) is 55.1 Å². The molecule has 0 radical (unpaired) electrons. The molecule has 26 heavy (non-hydrogen) atoms. The van der Waals surface area contributed by atoms with Crippen molar-refractivity contribution in [1.82, 2.24) is 19.6 Å². The summed E-state index contributed by atoms with van der Waals surface area (Å²) in [4.78, 5) is 4.81. The van der Waals surface area contributed by atoms with Crippen LogP contribution >= 0.6 is 11.6 Å². The maximum Gasteiger partial charge on any atom is 0.204 e. The zero-order chi connectivity index (χ0) is 18.3. The van der Waals surface area contributed by atoms with Crippen LogP contribution in [0, 0.1) is 0 Å². The molecule has 0 saturated carbocycles. The first-order valence-electron chi connectivity index (χ1n) is 8.66. The van der Waals surface area contributed by atoms with Gasteiger partial charge in [-0.2, -0.15) is 0 Å². The number of fused-ring (bicyclic) bond motifs is 3. The molecule has 0 aliphatic heterocycles. The number of rotatable bonds is 4. The summed E-state index contributed by atoms with van der Waals surface area (Å²) in [6, 6.07) is 16.0. The molecule has 132 valence electrons. The van der Waals surface area contributed by atoms with Gasteiger partial charge in [0.15, 0.2) is 5.82 Å². The first-order valence-corrected chi connectivity index (χ1v) is 9.04. The molecule has 4 rings (SSSR count). The van der Waals surface area contributed by atoms with E-state index in [-0.39, 0.29) is 5.54 Å². The largest absolute Gasteiger partial charge is 0.358 e. The van der Waals surface area contributed by atoms with Crippen molar-refractivity contribution in [1.29, 1.82) is 0 Å². The first-order chi connectivity index (χ1) is 12.5. The van der Waals surface area contributed by atoms with E-state index in [0.717, 1.165) is 23.3 Å². The SMILES string of the molecule is CCc1nnc2c(NC(C)(C)c3ccccc3)nc3ccc(Cl)cc3n12. The van der Waals surface area contributed by atoms with E-state index in [4.69, 9.17) is 16.6 Å². The Labute approximate surface area is 157 Å². The van der Waals surface area contributed by atoms with Gasteiger partial charge in [0.2, 0.25) is 5.65 Å². The van der Waals surface area contributed by atoms with E-state index < -0.39 is 0 Å². The van der Waals surface area contributed by atoms with Crippen LogP contribution in [0.5, 0.6) is 0 Å². The summed E-state index contributed by atoms with van der Waals surface area (Å²) < 4.78 is 2.04. The Hall–Kier alpha value is -2.66. The van der Waals surface area contributed by atoms with Gasteiger partial charge in [-0.1, -0.05) is 48.9 Å². The number of aromatic nitrogens is 4. The second-order valence-electron chi connectivity index (χ2n) is 6.84. The van der Waals surface area contributed by atoms with Gasteiger partial charge in [0.25, 0.3) is 0 Å². The monoisotopic (exact) mass is 365 g/mol. The average Bonchev–Trinajstić information content (AvgIpc) is 3.08. The number of aryl methyl sites for hydroxylation is 1. The van der Waals surface area contributed by atoms with Gasteiger partial charge in [0.05, 0.1) is 16.6 Å². The number of hydrogen-bond donors (Lipinski definition) is 1. The lowest BCUT2D eigenvalue weighted by Crippen LogP contribution is -2.28. The Morgan fingerprint density at radius 1 is 1.08 bits per heavy atom. The van der Waals surface area contributed by atoms with E-state index in [1.807, 2.05) is 40.8 Å². The van der Waals surface area contributed by atoms with Crippen molar-refractivity contribution in [2.24, 2.45) is 0 Å². The molecule has 0 atom stereocenters. The molecule has 0 unspecified atom stereocenters. The normalized spacial score (nSPS) is 12.0. The van der Waals surface area contributed by atoms with Gasteiger partial charge >= 0.3 is 0 Å². The summed E-state index contributed by atoms with van der Waals surface area (Å²) in [6.07, 6.45) is 0.772. The summed E-state index contributed by atoms with van der Waals surface area (Å²) in [5.41, 5.74) is 3.33. The minimum atomic E-state index is -0.312. The Kier molecular flexibility index (Phi) is 4.04. The van der Waals surface area contributed by atoms with E-state index in [2.05, 4.69) is 48.4 Å². The Morgan fingerprint density at radius 3 is 2.58 bits per heavy atom. The molecule has 0 fully saturated rings. The summed E-state index contributed by atoms with van der Waals surface area (Å²) in [6.45, 7) is 6.32. The van der Waals surface area contributed by atoms with Gasteiger partial charge in [-0.25, -0.2) is 4.98 Å². The van der Waals surface area contributed by atoms with Crippen molar-refractivity contribution in [2.45, 2.75) is 32.7 Å². The van der Waals surface area contributed by atoms with E-state index in [0.29, 0.717) is 16.5 Å². The van der Waals surface area contributed by atoms with Crippen molar-refractivity contribution in [3.8, 4) is 0 Å². The Morgan fingerprint density at radius 2 is 1.85 bits per heavy atom. The highest BCUT2D eigenvalue weighted by atomic mass is 35.5. The molecule has 0 saturated heterocycles. The van der Waals surface area contributed by atoms with Gasteiger partial charge in [0, 0.05) is 11.4 Å². The zero-order valence-electron chi connectivity index (χ0n) is 15.0. The lowest BCUT2D eigenvalue weighted by atomic mass is 9.94. The molecular formula is C20H20ClN5. The van der Waals surface area contributed by atoms with E-state index in [9.17, 15) is 0 Å². The molecule has 0 aliphatic carbocycles. The van der Waals surface area contributed by atoms with Crippen molar-refractivity contribution in [2.75, 3.05) is 5.32 Å². The van der Waals surface area contributed by atoms with Crippen LogP contribution in [0.3, 0.4) is 0 Å². The number of nitrogens with one attached hydrogen (secondary N) is 1. The average molecular weight is 366 g/mol. The molecule has 0 aliphatic rings. The number of benzene rings is 2. The number of hydrogen-bond acceptors (Lipinski definition) is 4. The smallest absolute Gasteiger partial charge is 0.204 e. The fraction of sp³-hybridized carbons (Fsp3) is 0.250. The minimum Gasteiger partial charge on any atom is -0.358 e. The van der Waals surface area contributed by atoms with E-state index in [1.165, 1.54) is 5.56 Å². The highest BCUT2D eigenvalue weighted by molar-refractivity contribution is 6.31. The highest BCUT2D eigenvalue weighted by Crippen LogP contribution is 2.29. The molecule has 4 aromatic rings. The molecule has 0 amide bonds. The van der Waals surface area contributed by atoms with Crippen LogP contribution in [-0.4, -0.2) is 19.6 Å². The third-order valence-corrected chi connectivity index (χ3v) is 4.83. The second-order valence-corrected chi connectivity index (χ2v) is 7.27. The highest BCUT2D eigenvalue weighted by Gasteiger charge is 2.24. The quantitative estimate of drug-likeness (QED) is 0.562. The van der Waals surface area contributed by atoms with Crippen LogP contribution in [0.1, 0.15) is 32.2 Å². The van der Waals surface area contributed by atoms with Crippen LogP contribution in [0.25, 0.3) is 16.7 Å². The summed E-state index contributed by atoms with van der Waals surface area (Å²) >= 11 is 6.21. The molecule has 2 aromatic carbocycles. The number of anilines is 1. The van der Waals surface area contributed by atoms with Crippen molar-refractivity contribution < 1.29 is 0 Å². The molecule has 0 bridgehead atoms. The lowest BCUT2D eigenvalue weighted by Gasteiger charge is -2.27. The maximum atomic E-state index is 6.21. The molecule has 1 N–H and O–H groups in total. The van der Waals surface area contributed by atoms with Crippen LogP contribution in [0.4, 0.5) is 5.82 Å². The molecule has 6 heteroatoms. The fourth-order valence-electron chi connectivity index (χ4n) is 3.20. The predicted octanol–water partition coefficient (Wildman–Crippen LogP) is 4.84. The molecule has 2 heterocycles. The minimum absolute atomic E-state index is 0.312. The molecular weight excluding hydrogens is 346 g/mol. The zero-order valence-corrected chi connectivity index (χ0v) is 15.7. The summed E-state index contributed by atoms with van der Waals surface area (Å²) in [5.74, 6) is 1.59. The molecule has 5 nitrogen and oxygen atoms in total. The first kappa shape index (κ1) is 16.8. The Balaban J connectivity index is 1.92. The predicted molar refractivity (Wildman–Crippen MR) is 106 cm³/mol. The van der Waals surface area contributed by atoms with Crippen LogP contribution in [0.15, 0.2) is 48.5 Å². The van der Waals surface area contributed by atoms with E-state index in [1.54, 1.807) is 0 Å². The van der Waals surface area contributed by atoms with Crippen molar-refractivity contribution in [3.63, 3.8) is 0 Å². The third kappa shape index (κ3) is 2.78. The van der Waals surface area contributed by atoms with Gasteiger partial charge in [-0.15, -0.1) is 10.2 Å². The van der Waals surface area contributed by atoms with E-state index >= 15 is 0 Å². The van der Waals surface area contributed by atoms with Crippen LogP contribution in [-0.2, 0) is 12.0 Å². The Bertz CT molecular complexity index is 1090. The van der Waals surface area contributed by atoms with Gasteiger partial charge in [-0.3, -0.25) is 4.40 Å². The molecule has 0 spiro atoms. The van der Waals surface area contributed by atoms with Crippen molar-refractivity contribution in [3.05, 3.63) is 64.9 Å². The lowest BCUT2D eigenvalue weighted by molar-refractivity contribution is 0.606. The van der Waals surface area contributed by atoms with Crippen LogP contribution in [0.2, 0.25) is 5.02 Å².